The third kappa shape index (κ3) is 3.01. The molecule has 1 fully saturated rings. The molecule has 1 aliphatic carbocycles. The largest absolute Gasteiger partial charge is 0.494 e. The van der Waals surface area contributed by atoms with Crippen LogP contribution in [0, 0.1) is 0 Å². The summed E-state index contributed by atoms with van der Waals surface area (Å²) in [4.78, 5) is 8.76. The van der Waals surface area contributed by atoms with Crippen molar-refractivity contribution in [1.82, 2.24) is 14.5 Å². The highest BCUT2D eigenvalue weighted by Crippen LogP contribution is 2.38. The maximum Gasteiger partial charge on any atom is 0.146 e. The molecule has 0 atom stereocenters. The summed E-state index contributed by atoms with van der Waals surface area (Å²) in [6, 6.07) is 8.82. The number of anilines is 1. The van der Waals surface area contributed by atoms with E-state index in [0.717, 1.165) is 53.6 Å². The van der Waals surface area contributed by atoms with Gasteiger partial charge in [-0.15, -0.1) is 0 Å². The van der Waals surface area contributed by atoms with Crippen molar-refractivity contribution in [2.45, 2.75) is 44.7 Å². The van der Waals surface area contributed by atoms with Crippen molar-refractivity contribution in [3.63, 3.8) is 0 Å². The molecular weight excluding hydrogens is 326 g/mol. The van der Waals surface area contributed by atoms with Crippen LogP contribution in [-0.2, 0) is 0 Å². The lowest BCUT2D eigenvalue weighted by atomic mass is 9.92. The van der Waals surface area contributed by atoms with Crippen molar-refractivity contribution in [1.29, 1.82) is 0 Å². The van der Waals surface area contributed by atoms with Gasteiger partial charge in [-0.2, -0.15) is 0 Å². The SMILES string of the molecule is CCOc1ccc(-c2cn(C3CCC(N)CC3)c3ncnc(N)c23)cc1. The summed E-state index contributed by atoms with van der Waals surface area (Å²) in [7, 11) is 0. The van der Waals surface area contributed by atoms with E-state index in [0.29, 0.717) is 24.5 Å². The van der Waals surface area contributed by atoms with Crippen molar-refractivity contribution in [2.75, 3.05) is 12.3 Å². The molecule has 6 heteroatoms. The molecule has 0 aliphatic heterocycles. The van der Waals surface area contributed by atoms with E-state index in [1.807, 2.05) is 19.1 Å². The molecule has 26 heavy (non-hydrogen) atoms. The fourth-order valence-corrected chi connectivity index (χ4v) is 3.88. The molecule has 1 saturated carbocycles. The molecule has 2 heterocycles. The molecule has 0 radical (unpaired) electrons. The fourth-order valence-electron chi connectivity index (χ4n) is 3.88. The Hall–Kier alpha value is -2.60. The highest BCUT2D eigenvalue weighted by Gasteiger charge is 2.24. The normalized spacial score (nSPS) is 20.4. The van der Waals surface area contributed by atoms with Crippen LogP contribution in [0.4, 0.5) is 5.82 Å². The van der Waals surface area contributed by atoms with Gasteiger partial charge in [0.25, 0.3) is 0 Å². The first-order chi connectivity index (χ1) is 12.7. The lowest BCUT2D eigenvalue weighted by Crippen LogP contribution is -2.27. The van der Waals surface area contributed by atoms with Crippen LogP contribution in [0.2, 0.25) is 0 Å². The van der Waals surface area contributed by atoms with Crippen molar-refractivity contribution in [3.05, 3.63) is 36.8 Å². The molecule has 1 aromatic carbocycles. The molecule has 0 bridgehead atoms. The number of nitrogens with two attached hydrogens (primary N) is 2. The molecule has 4 rings (SSSR count). The minimum absolute atomic E-state index is 0.318. The standard InChI is InChI=1S/C20H25N5O/c1-2-26-16-9-3-13(4-10-16)17-11-25(15-7-5-14(21)6-8-15)20-18(17)19(22)23-12-24-20/h3-4,9-12,14-15H,2,5-8,21H2,1H3,(H2,22,23,24). The Balaban J connectivity index is 1.79. The Kier molecular flexibility index (Phi) is 4.51. The Morgan fingerprint density at radius 1 is 1.12 bits per heavy atom. The Morgan fingerprint density at radius 3 is 2.54 bits per heavy atom. The second-order valence-corrected chi connectivity index (χ2v) is 6.93. The van der Waals surface area contributed by atoms with Gasteiger partial charge in [-0.25, -0.2) is 9.97 Å². The summed E-state index contributed by atoms with van der Waals surface area (Å²) >= 11 is 0. The third-order valence-corrected chi connectivity index (χ3v) is 5.25. The van der Waals surface area contributed by atoms with E-state index >= 15 is 0 Å². The van der Waals surface area contributed by atoms with Gasteiger partial charge in [-0.3, -0.25) is 0 Å². The van der Waals surface area contributed by atoms with E-state index in [1.54, 1.807) is 6.33 Å². The molecule has 0 saturated heterocycles. The number of hydrogen-bond acceptors (Lipinski definition) is 5. The molecule has 0 amide bonds. The molecule has 6 nitrogen and oxygen atoms in total. The second kappa shape index (κ2) is 6.96. The van der Waals surface area contributed by atoms with Gasteiger partial charge >= 0.3 is 0 Å². The van der Waals surface area contributed by atoms with Crippen LogP contribution >= 0.6 is 0 Å². The molecule has 0 spiro atoms. The quantitative estimate of drug-likeness (QED) is 0.750. The topological polar surface area (TPSA) is 92.0 Å². The summed E-state index contributed by atoms with van der Waals surface area (Å²) in [5.41, 5.74) is 15.4. The van der Waals surface area contributed by atoms with E-state index in [1.165, 1.54) is 0 Å². The highest BCUT2D eigenvalue weighted by atomic mass is 16.5. The van der Waals surface area contributed by atoms with Gasteiger partial charge in [0.2, 0.25) is 0 Å². The van der Waals surface area contributed by atoms with Crippen LogP contribution in [0.1, 0.15) is 38.6 Å². The summed E-state index contributed by atoms with van der Waals surface area (Å²) in [5, 5.41) is 0.923. The van der Waals surface area contributed by atoms with Crippen molar-refractivity contribution in [3.8, 4) is 16.9 Å². The highest BCUT2D eigenvalue weighted by molar-refractivity contribution is 6.00. The van der Waals surface area contributed by atoms with E-state index in [-0.39, 0.29) is 0 Å². The lowest BCUT2D eigenvalue weighted by molar-refractivity contribution is 0.329. The summed E-state index contributed by atoms with van der Waals surface area (Å²) in [5.74, 6) is 1.38. The average molecular weight is 351 g/mol. The summed E-state index contributed by atoms with van der Waals surface area (Å²) < 4.78 is 7.82. The number of rotatable bonds is 4. The minimum Gasteiger partial charge on any atom is -0.494 e. The van der Waals surface area contributed by atoms with E-state index in [2.05, 4.69) is 32.9 Å². The maximum absolute atomic E-state index is 6.23. The number of fused-ring (bicyclic) bond motifs is 1. The molecule has 136 valence electrons. The summed E-state index contributed by atoms with van der Waals surface area (Å²) in [6.07, 6.45) is 7.94. The molecule has 3 aromatic rings. The number of nitrogen functional groups attached to an aromatic ring is 1. The van der Waals surface area contributed by atoms with E-state index < -0.39 is 0 Å². The first kappa shape index (κ1) is 16.8. The molecule has 2 aromatic heterocycles. The molecule has 0 unspecified atom stereocenters. The summed E-state index contributed by atoms with van der Waals surface area (Å²) in [6.45, 7) is 2.64. The predicted molar refractivity (Wildman–Crippen MR) is 104 cm³/mol. The smallest absolute Gasteiger partial charge is 0.146 e. The van der Waals surface area contributed by atoms with E-state index in [4.69, 9.17) is 16.2 Å². The van der Waals surface area contributed by atoms with Gasteiger partial charge in [0.05, 0.1) is 12.0 Å². The van der Waals surface area contributed by atoms with E-state index in [9.17, 15) is 0 Å². The zero-order valence-electron chi connectivity index (χ0n) is 15.1. The zero-order chi connectivity index (χ0) is 18.1. The van der Waals surface area contributed by atoms with Gasteiger partial charge in [0.1, 0.15) is 23.5 Å². The Morgan fingerprint density at radius 2 is 1.85 bits per heavy atom. The molecule has 4 N–H and O–H groups in total. The van der Waals surface area contributed by atoms with Gasteiger partial charge < -0.3 is 20.8 Å². The third-order valence-electron chi connectivity index (χ3n) is 5.25. The predicted octanol–water partition coefficient (Wildman–Crippen LogP) is 3.52. The Bertz CT molecular complexity index is 894. The van der Waals surface area contributed by atoms with Gasteiger partial charge in [-0.05, 0) is 50.3 Å². The molecule has 1 aliphatic rings. The first-order valence-corrected chi connectivity index (χ1v) is 9.27. The number of nitrogens with zero attached hydrogens (tertiary/aromatic N) is 3. The zero-order valence-corrected chi connectivity index (χ0v) is 15.1. The number of benzene rings is 1. The van der Waals surface area contributed by atoms with Gasteiger partial charge in [0, 0.05) is 23.8 Å². The molecular formula is C20H25N5O. The monoisotopic (exact) mass is 351 g/mol. The maximum atomic E-state index is 6.23. The number of aromatic nitrogens is 3. The van der Waals surface area contributed by atoms with Crippen molar-refractivity contribution < 1.29 is 4.74 Å². The Labute approximate surface area is 153 Å². The van der Waals surface area contributed by atoms with Crippen LogP contribution in [0.3, 0.4) is 0 Å². The van der Waals surface area contributed by atoms with Crippen LogP contribution in [0.25, 0.3) is 22.2 Å². The minimum atomic E-state index is 0.318. The van der Waals surface area contributed by atoms with Crippen molar-refractivity contribution >= 4 is 16.9 Å². The second-order valence-electron chi connectivity index (χ2n) is 6.93. The van der Waals surface area contributed by atoms with Crippen LogP contribution in [0.15, 0.2) is 36.8 Å². The van der Waals surface area contributed by atoms with Crippen LogP contribution < -0.4 is 16.2 Å². The van der Waals surface area contributed by atoms with Crippen molar-refractivity contribution in [2.24, 2.45) is 5.73 Å². The first-order valence-electron chi connectivity index (χ1n) is 9.27. The average Bonchev–Trinajstić information content (AvgIpc) is 3.04. The number of hydrogen-bond donors (Lipinski definition) is 2. The fraction of sp³-hybridized carbons (Fsp3) is 0.400. The van der Waals surface area contributed by atoms with Gasteiger partial charge in [-0.1, -0.05) is 12.1 Å². The lowest BCUT2D eigenvalue weighted by Gasteiger charge is -2.27. The van der Waals surface area contributed by atoms with Gasteiger partial charge in [0.15, 0.2) is 0 Å². The van der Waals surface area contributed by atoms with Crippen LogP contribution in [-0.4, -0.2) is 27.2 Å². The number of ether oxygens (including phenoxy) is 1. The van der Waals surface area contributed by atoms with Crippen LogP contribution in [0.5, 0.6) is 5.75 Å².